The number of rotatable bonds is 6. The topological polar surface area (TPSA) is 61.2 Å². The summed E-state index contributed by atoms with van der Waals surface area (Å²) in [6.45, 7) is 0.788. The van der Waals surface area contributed by atoms with Crippen LogP contribution in [0.25, 0.3) is 10.9 Å². The number of nitrogens with one attached hydrogen (secondary N) is 1. The van der Waals surface area contributed by atoms with Crippen molar-refractivity contribution in [3.63, 3.8) is 0 Å². The third-order valence-corrected chi connectivity index (χ3v) is 4.41. The molecule has 25 heavy (non-hydrogen) atoms. The quantitative estimate of drug-likeness (QED) is 0.529. The molecule has 0 amide bonds. The molecule has 1 heterocycles. The van der Waals surface area contributed by atoms with Crippen molar-refractivity contribution in [1.29, 1.82) is 5.26 Å². The molecule has 0 saturated heterocycles. The Morgan fingerprint density at radius 3 is 2.76 bits per heavy atom. The second kappa shape index (κ2) is 7.88. The molecule has 6 heteroatoms. The monoisotopic (exact) mass is 350 g/mol. The van der Waals surface area contributed by atoms with Gasteiger partial charge in [0.25, 0.3) is 6.26 Å². The summed E-state index contributed by atoms with van der Waals surface area (Å²) in [6.07, 6.45) is 1.72. The fraction of sp³-hybridized carbons (Fsp3) is 0.158. The number of anilines is 1. The van der Waals surface area contributed by atoms with Crippen LogP contribution in [0.5, 0.6) is 5.75 Å². The predicted octanol–water partition coefficient (Wildman–Crippen LogP) is 4.28. The molecule has 0 aliphatic carbocycles. The van der Waals surface area contributed by atoms with Crippen molar-refractivity contribution in [3.8, 4) is 12.0 Å². The van der Waals surface area contributed by atoms with E-state index >= 15 is 0 Å². The van der Waals surface area contributed by atoms with E-state index in [2.05, 4.69) is 21.8 Å². The van der Waals surface area contributed by atoms with Gasteiger partial charge in [-0.05, 0) is 50.3 Å². The fourth-order valence-corrected chi connectivity index (χ4v) is 3.20. The van der Waals surface area contributed by atoms with Gasteiger partial charge >= 0.3 is 0 Å². The van der Waals surface area contributed by atoms with Crippen LogP contribution in [0.15, 0.2) is 59.5 Å². The largest absolute Gasteiger partial charge is 0.387 e. The first-order valence-electron chi connectivity index (χ1n) is 7.78. The maximum atomic E-state index is 8.76. The molecule has 0 radical (unpaired) electrons. The molecule has 0 bridgehead atoms. The molecule has 0 spiro atoms. The molecule has 5 nitrogen and oxygen atoms in total. The Balaban J connectivity index is 1.87. The van der Waals surface area contributed by atoms with Crippen molar-refractivity contribution in [1.82, 2.24) is 9.88 Å². The molecule has 0 atom stereocenters. The highest BCUT2D eigenvalue weighted by Crippen LogP contribution is 2.32. The SMILES string of the molecule is CN(C)Cc1ccc2cccc(NSc3ccccc3OC#N)c2n1. The number of benzene rings is 2. The highest BCUT2D eigenvalue weighted by atomic mass is 32.2. The van der Waals surface area contributed by atoms with Crippen LogP contribution in [-0.4, -0.2) is 24.0 Å². The van der Waals surface area contributed by atoms with Crippen LogP contribution >= 0.6 is 11.9 Å². The van der Waals surface area contributed by atoms with Crippen molar-refractivity contribution in [2.75, 3.05) is 18.8 Å². The van der Waals surface area contributed by atoms with Crippen LogP contribution in [0.4, 0.5) is 5.69 Å². The van der Waals surface area contributed by atoms with Gasteiger partial charge in [-0.2, -0.15) is 0 Å². The molecule has 126 valence electrons. The Kier molecular flexibility index (Phi) is 5.39. The van der Waals surface area contributed by atoms with E-state index in [0.29, 0.717) is 5.75 Å². The third kappa shape index (κ3) is 4.21. The molecule has 0 aliphatic rings. The van der Waals surface area contributed by atoms with Gasteiger partial charge in [0.2, 0.25) is 0 Å². The van der Waals surface area contributed by atoms with E-state index in [9.17, 15) is 0 Å². The lowest BCUT2D eigenvalue weighted by Gasteiger charge is -2.12. The van der Waals surface area contributed by atoms with E-state index in [1.54, 1.807) is 12.3 Å². The van der Waals surface area contributed by atoms with Gasteiger partial charge in [-0.1, -0.05) is 30.3 Å². The molecular formula is C19H18N4OS. The lowest BCUT2D eigenvalue weighted by molar-refractivity contribution is 0.397. The van der Waals surface area contributed by atoms with Crippen LogP contribution in [0.2, 0.25) is 0 Å². The minimum Gasteiger partial charge on any atom is -0.387 e. The summed E-state index contributed by atoms with van der Waals surface area (Å²) in [6, 6.07) is 17.6. The molecule has 0 unspecified atom stereocenters. The first kappa shape index (κ1) is 17.1. The summed E-state index contributed by atoms with van der Waals surface area (Å²) in [5, 5.41) is 9.84. The number of para-hydroxylation sites is 2. The second-order valence-corrected chi connectivity index (χ2v) is 6.61. The summed E-state index contributed by atoms with van der Waals surface area (Å²) in [5.41, 5.74) is 2.87. The summed E-state index contributed by atoms with van der Waals surface area (Å²) in [4.78, 5) is 7.72. The standard InChI is InChI=1S/C19H18N4OS/c1-23(2)12-15-11-10-14-6-5-7-16(19(14)21-15)22-25-18-9-4-3-8-17(18)24-13-20/h3-11,22H,12H2,1-2H3. The molecule has 2 aromatic carbocycles. The smallest absolute Gasteiger partial charge is 0.292 e. The van der Waals surface area contributed by atoms with E-state index in [0.717, 1.165) is 33.7 Å². The number of fused-ring (bicyclic) bond motifs is 1. The molecule has 0 saturated carbocycles. The number of aromatic nitrogens is 1. The summed E-state index contributed by atoms with van der Waals surface area (Å²) in [5.74, 6) is 0.531. The maximum absolute atomic E-state index is 8.76. The van der Waals surface area contributed by atoms with Crippen molar-refractivity contribution in [3.05, 3.63) is 60.3 Å². The van der Waals surface area contributed by atoms with E-state index in [-0.39, 0.29) is 0 Å². The normalized spacial score (nSPS) is 10.6. The van der Waals surface area contributed by atoms with Crippen molar-refractivity contribution in [2.24, 2.45) is 0 Å². The first-order chi connectivity index (χ1) is 12.2. The summed E-state index contributed by atoms with van der Waals surface area (Å²) < 4.78 is 8.33. The average molecular weight is 350 g/mol. The zero-order chi connectivity index (χ0) is 17.6. The lowest BCUT2D eigenvalue weighted by Crippen LogP contribution is -2.11. The zero-order valence-corrected chi connectivity index (χ0v) is 14.9. The van der Waals surface area contributed by atoms with E-state index < -0.39 is 0 Å². The Hall–Kier alpha value is -2.75. The highest BCUT2D eigenvalue weighted by molar-refractivity contribution is 8.00. The van der Waals surface area contributed by atoms with E-state index in [1.807, 2.05) is 50.5 Å². The van der Waals surface area contributed by atoms with Crippen LogP contribution < -0.4 is 9.46 Å². The fourth-order valence-electron chi connectivity index (χ4n) is 2.46. The summed E-state index contributed by atoms with van der Waals surface area (Å²) >= 11 is 1.40. The molecule has 1 aromatic heterocycles. The molecule has 0 aliphatic heterocycles. The highest BCUT2D eigenvalue weighted by Gasteiger charge is 2.08. The molecule has 1 N–H and O–H groups in total. The average Bonchev–Trinajstić information content (AvgIpc) is 2.61. The van der Waals surface area contributed by atoms with Crippen LogP contribution in [0.1, 0.15) is 5.69 Å². The van der Waals surface area contributed by atoms with Crippen LogP contribution in [0, 0.1) is 11.5 Å². The number of nitrogens with zero attached hydrogens (tertiary/aromatic N) is 3. The van der Waals surface area contributed by atoms with Gasteiger partial charge in [-0.15, -0.1) is 5.26 Å². The number of hydrogen-bond donors (Lipinski definition) is 1. The van der Waals surface area contributed by atoms with E-state index in [1.165, 1.54) is 11.9 Å². The Morgan fingerprint density at radius 1 is 1.12 bits per heavy atom. The van der Waals surface area contributed by atoms with Gasteiger partial charge in [0.15, 0.2) is 5.75 Å². The lowest BCUT2D eigenvalue weighted by atomic mass is 10.2. The van der Waals surface area contributed by atoms with Crippen molar-refractivity contribution in [2.45, 2.75) is 11.4 Å². The molecule has 3 aromatic rings. The Labute approximate surface area is 151 Å². The predicted molar refractivity (Wildman–Crippen MR) is 101 cm³/mol. The molecule has 3 rings (SSSR count). The Bertz CT molecular complexity index is 921. The van der Waals surface area contributed by atoms with Crippen molar-refractivity contribution >= 4 is 28.5 Å². The number of nitriles is 1. The van der Waals surface area contributed by atoms with Gasteiger partial charge < -0.3 is 14.4 Å². The minimum atomic E-state index is 0.531. The van der Waals surface area contributed by atoms with Gasteiger partial charge in [-0.3, -0.25) is 0 Å². The van der Waals surface area contributed by atoms with Gasteiger partial charge in [-0.25, -0.2) is 4.98 Å². The van der Waals surface area contributed by atoms with Gasteiger partial charge in [0.1, 0.15) is 0 Å². The third-order valence-electron chi connectivity index (χ3n) is 3.53. The van der Waals surface area contributed by atoms with Crippen molar-refractivity contribution < 1.29 is 4.74 Å². The maximum Gasteiger partial charge on any atom is 0.292 e. The minimum absolute atomic E-state index is 0.531. The number of pyridine rings is 1. The Morgan fingerprint density at radius 2 is 1.96 bits per heavy atom. The van der Waals surface area contributed by atoms with Crippen LogP contribution in [0.3, 0.4) is 0 Å². The number of ether oxygens (including phenoxy) is 1. The second-order valence-electron chi connectivity index (χ2n) is 5.76. The molecular weight excluding hydrogens is 332 g/mol. The molecule has 0 fully saturated rings. The van der Waals surface area contributed by atoms with E-state index in [4.69, 9.17) is 15.0 Å². The zero-order valence-electron chi connectivity index (χ0n) is 14.1. The van der Waals surface area contributed by atoms with Gasteiger partial charge in [0, 0.05) is 11.9 Å². The van der Waals surface area contributed by atoms with Crippen LogP contribution in [-0.2, 0) is 6.54 Å². The number of hydrogen-bond acceptors (Lipinski definition) is 6. The first-order valence-corrected chi connectivity index (χ1v) is 8.60. The summed E-state index contributed by atoms with van der Waals surface area (Å²) in [7, 11) is 4.05. The van der Waals surface area contributed by atoms with Gasteiger partial charge in [0.05, 0.1) is 21.8 Å².